The first-order chi connectivity index (χ1) is 7.41. The number of carboxylic acid groups (broad SMARTS) is 1. The lowest BCUT2D eigenvalue weighted by Gasteiger charge is -2.18. The summed E-state index contributed by atoms with van der Waals surface area (Å²) in [5.41, 5.74) is 0.447. The Kier molecular flexibility index (Phi) is 4.44. The Bertz CT molecular complexity index is 398. The number of carboxylic acids is 1. The molecule has 0 aliphatic rings. The minimum absolute atomic E-state index is 0.346. The van der Waals surface area contributed by atoms with E-state index < -0.39 is 12.0 Å². The van der Waals surface area contributed by atoms with Crippen LogP contribution in [0, 0.1) is 5.82 Å². The molecule has 2 atom stereocenters. The Morgan fingerprint density at radius 1 is 1.50 bits per heavy atom. The normalized spacial score (nSPS) is 14.5. The summed E-state index contributed by atoms with van der Waals surface area (Å²) in [5.74, 6) is -1.30. The first-order valence-corrected chi connectivity index (χ1v) is 5.65. The van der Waals surface area contributed by atoms with Crippen molar-refractivity contribution < 1.29 is 14.3 Å². The van der Waals surface area contributed by atoms with Gasteiger partial charge in [0.05, 0.1) is 0 Å². The van der Waals surface area contributed by atoms with E-state index in [1.807, 2.05) is 0 Å². The molecule has 88 valence electrons. The average molecular weight is 290 g/mol. The molecule has 0 saturated heterocycles. The van der Waals surface area contributed by atoms with Gasteiger partial charge in [0.25, 0.3) is 0 Å². The summed E-state index contributed by atoms with van der Waals surface area (Å²) < 4.78 is 14.2. The SMILES string of the molecule is CC(NC(C)c1cc(Br)ccc1F)C(=O)O. The molecule has 0 amide bonds. The van der Waals surface area contributed by atoms with Gasteiger partial charge in [-0.15, -0.1) is 0 Å². The van der Waals surface area contributed by atoms with Crippen molar-refractivity contribution in [2.24, 2.45) is 0 Å². The van der Waals surface area contributed by atoms with Gasteiger partial charge in [-0.05, 0) is 32.0 Å². The van der Waals surface area contributed by atoms with Gasteiger partial charge in [-0.2, -0.15) is 0 Å². The lowest BCUT2D eigenvalue weighted by atomic mass is 10.1. The average Bonchev–Trinajstić information content (AvgIpc) is 2.21. The molecule has 0 aromatic heterocycles. The van der Waals surface area contributed by atoms with Crippen LogP contribution < -0.4 is 5.32 Å². The van der Waals surface area contributed by atoms with Gasteiger partial charge in [-0.1, -0.05) is 15.9 Å². The molecule has 0 saturated carbocycles. The van der Waals surface area contributed by atoms with Crippen molar-refractivity contribution in [2.45, 2.75) is 25.9 Å². The number of benzene rings is 1. The third kappa shape index (κ3) is 3.28. The predicted molar refractivity (Wildman–Crippen MR) is 62.7 cm³/mol. The van der Waals surface area contributed by atoms with E-state index in [2.05, 4.69) is 21.2 Å². The highest BCUT2D eigenvalue weighted by molar-refractivity contribution is 9.10. The molecular weight excluding hydrogens is 277 g/mol. The molecule has 16 heavy (non-hydrogen) atoms. The van der Waals surface area contributed by atoms with Gasteiger partial charge < -0.3 is 5.11 Å². The van der Waals surface area contributed by atoms with Crippen LogP contribution in [0.4, 0.5) is 4.39 Å². The molecule has 0 heterocycles. The zero-order valence-electron chi connectivity index (χ0n) is 9.00. The summed E-state index contributed by atoms with van der Waals surface area (Å²) in [6, 6.07) is 3.52. The smallest absolute Gasteiger partial charge is 0.320 e. The highest BCUT2D eigenvalue weighted by Gasteiger charge is 2.17. The summed E-state index contributed by atoms with van der Waals surface area (Å²) in [7, 11) is 0. The first-order valence-electron chi connectivity index (χ1n) is 4.85. The first kappa shape index (κ1) is 13.1. The third-order valence-corrected chi connectivity index (χ3v) is 2.79. The lowest BCUT2D eigenvalue weighted by Crippen LogP contribution is -2.35. The van der Waals surface area contributed by atoms with E-state index in [9.17, 15) is 9.18 Å². The summed E-state index contributed by atoms with van der Waals surface area (Å²) in [4.78, 5) is 10.7. The van der Waals surface area contributed by atoms with E-state index in [1.165, 1.54) is 13.0 Å². The molecule has 0 fully saturated rings. The molecule has 0 spiro atoms. The monoisotopic (exact) mass is 289 g/mol. The molecule has 2 unspecified atom stereocenters. The molecular formula is C11H13BrFNO2. The minimum Gasteiger partial charge on any atom is -0.480 e. The van der Waals surface area contributed by atoms with Crippen LogP contribution in [0.2, 0.25) is 0 Å². The molecule has 1 rings (SSSR count). The Labute approximate surface area is 102 Å². The van der Waals surface area contributed by atoms with E-state index in [0.717, 1.165) is 4.47 Å². The fourth-order valence-corrected chi connectivity index (χ4v) is 1.76. The molecule has 3 nitrogen and oxygen atoms in total. The lowest BCUT2D eigenvalue weighted by molar-refractivity contribution is -0.139. The van der Waals surface area contributed by atoms with Crippen molar-refractivity contribution in [1.82, 2.24) is 5.32 Å². The van der Waals surface area contributed by atoms with Crippen molar-refractivity contribution in [2.75, 3.05) is 0 Å². The van der Waals surface area contributed by atoms with Crippen LogP contribution in [0.15, 0.2) is 22.7 Å². The van der Waals surface area contributed by atoms with Gasteiger partial charge in [0, 0.05) is 16.1 Å². The molecule has 5 heteroatoms. The van der Waals surface area contributed by atoms with Crippen LogP contribution in [-0.2, 0) is 4.79 Å². The number of halogens is 2. The van der Waals surface area contributed by atoms with Crippen molar-refractivity contribution in [1.29, 1.82) is 0 Å². The van der Waals surface area contributed by atoms with Gasteiger partial charge in [0.15, 0.2) is 0 Å². The van der Waals surface area contributed by atoms with Gasteiger partial charge in [0.2, 0.25) is 0 Å². The largest absolute Gasteiger partial charge is 0.480 e. The predicted octanol–water partition coefficient (Wildman–Crippen LogP) is 2.71. The third-order valence-electron chi connectivity index (χ3n) is 2.29. The van der Waals surface area contributed by atoms with Crippen LogP contribution >= 0.6 is 15.9 Å². The highest BCUT2D eigenvalue weighted by Crippen LogP contribution is 2.21. The molecule has 0 aliphatic heterocycles. The fraction of sp³-hybridized carbons (Fsp3) is 0.364. The standard InChI is InChI=1S/C11H13BrFNO2/c1-6(14-7(2)11(15)16)9-5-8(12)3-4-10(9)13/h3-7,14H,1-2H3,(H,15,16). The van der Waals surface area contributed by atoms with E-state index in [0.29, 0.717) is 5.56 Å². The fourth-order valence-electron chi connectivity index (χ4n) is 1.38. The quantitative estimate of drug-likeness (QED) is 0.896. The molecule has 0 radical (unpaired) electrons. The number of hydrogen-bond donors (Lipinski definition) is 2. The number of rotatable bonds is 4. The van der Waals surface area contributed by atoms with E-state index in [4.69, 9.17) is 5.11 Å². The van der Waals surface area contributed by atoms with E-state index in [1.54, 1.807) is 19.1 Å². The second-order valence-corrected chi connectivity index (χ2v) is 4.53. The summed E-state index contributed by atoms with van der Waals surface area (Å²) in [6.07, 6.45) is 0. The molecule has 0 aliphatic carbocycles. The Morgan fingerprint density at radius 2 is 2.12 bits per heavy atom. The summed E-state index contributed by atoms with van der Waals surface area (Å²) >= 11 is 3.25. The van der Waals surface area contributed by atoms with Crippen LogP contribution in [0.5, 0.6) is 0 Å². The van der Waals surface area contributed by atoms with Crippen LogP contribution in [0.3, 0.4) is 0 Å². The maximum Gasteiger partial charge on any atom is 0.320 e. The Hall–Kier alpha value is -0.940. The van der Waals surface area contributed by atoms with Gasteiger partial charge in [0.1, 0.15) is 11.9 Å². The second kappa shape index (κ2) is 5.41. The van der Waals surface area contributed by atoms with Crippen LogP contribution in [0.1, 0.15) is 25.5 Å². The topological polar surface area (TPSA) is 49.3 Å². The van der Waals surface area contributed by atoms with Crippen molar-refractivity contribution in [3.8, 4) is 0 Å². The van der Waals surface area contributed by atoms with Gasteiger partial charge in [-0.25, -0.2) is 4.39 Å². The number of aliphatic carboxylic acids is 1. The highest BCUT2D eigenvalue weighted by atomic mass is 79.9. The zero-order valence-corrected chi connectivity index (χ0v) is 10.6. The van der Waals surface area contributed by atoms with Crippen molar-refractivity contribution >= 4 is 21.9 Å². The maximum absolute atomic E-state index is 13.5. The van der Waals surface area contributed by atoms with Crippen LogP contribution in [0.25, 0.3) is 0 Å². The number of hydrogen-bond acceptors (Lipinski definition) is 2. The number of nitrogens with one attached hydrogen (secondary N) is 1. The van der Waals surface area contributed by atoms with Gasteiger partial charge >= 0.3 is 5.97 Å². The molecule has 0 bridgehead atoms. The Morgan fingerprint density at radius 3 is 2.69 bits per heavy atom. The zero-order chi connectivity index (χ0) is 12.3. The van der Waals surface area contributed by atoms with E-state index in [-0.39, 0.29) is 11.9 Å². The second-order valence-electron chi connectivity index (χ2n) is 3.61. The molecule has 2 N–H and O–H groups in total. The van der Waals surface area contributed by atoms with Gasteiger partial charge in [-0.3, -0.25) is 10.1 Å². The summed E-state index contributed by atoms with van der Waals surface area (Å²) in [6.45, 7) is 3.25. The van der Waals surface area contributed by atoms with Crippen LogP contribution in [-0.4, -0.2) is 17.1 Å². The minimum atomic E-state index is -0.956. The summed E-state index contributed by atoms with van der Waals surface area (Å²) in [5, 5.41) is 11.5. The molecule has 1 aromatic carbocycles. The van der Waals surface area contributed by atoms with E-state index >= 15 is 0 Å². The van der Waals surface area contributed by atoms with Crippen molar-refractivity contribution in [3.63, 3.8) is 0 Å². The van der Waals surface area contributed by atoms with Crippen molar-refractivity contribution in [3.05, 3.63) is 34.1 Å². The maximum atomic E-state index is 13.5. The number of carbonyl (C=O) groups is 1. The molecule has 1 aromatic rings. The Balaban J connectivity index is 2.83.